The fraction of sp³-hybridized carbons (Fsp3) is 0.423. The standard InChI is InChI=1S/C26H32N12O/c1-14-11-37(12-15(2)29-14)21-10-20(27-13-28-21)23-18-9-17(7-8-19(18)31-32-23)30-24(39)22-16(3)36(6)25-33-34-35-38(25)26(22,4)5/h7-10,13-15,29H,11-12H2,1-6H3,(H,30,39)(H,31,32)/t14-,15+. The van der Waals surface area contributed by atoms with Crippen molar-refractivity contribution in [2.24, 2.45) is 0 Å². The maximum Gasteiger partial charge on any atom is 0.255 e. The maximum atomic E-state index is 13.6. The number of aromatic amines is 1. The zero-order valence-electron chi connectivity index (χ0n) is 22.9. The van der Waals surface area contributed by atoms with E-state index in [0.29, 0.717) is 40.7 Å². The predicted octanol–water partition coefficient (Wildman–Crippen LogP) is 2.29. The van der Waals surface area contributed by atoms with E-state index >= 15 is 0 Å². The number of hydrogen-bond acceptors (Lipinski definition) is 10. The number of amides is 1. The molecule has 1 fully saturated rings. The van der Waals surface area contributed by atoms with E-state index in [1.807, 2.05) is 57.0 Å². The lowest BCUT2D eigenvalue weighted by Gasteiger charge is -2.37. The van der Waals surface area contributed by atoms with Gasteiger partial charge in [0, 0.05) is 55.1 Å². The first-order valence-electron chi connectivity index (χ1n) is 13.0. The van der Waals surface area contributed by atoms with Gasteiger partial charge < -0.3 is 20.4 Å². The average Bonchev–Trinajstić information content (AvgIpc) is 3.55. The van der Waals surface area contributed by atoms with Crippen LogP contribution in [0.2, 0.25) is 0 Å². The molecule has 0 bridgehead atoms. The van der Waals surface area contributed by atoms with Crippen LogP contribution in [-0.2, 0) is 10.3 Å². The summed E-state index contributed by atoms with van der Waals surface area (Å²) in [6.07, 6.45) is 1.58. The van der Waals surface area contributed by atoms with Crippen LogP contribution in [0, 0.1) is 0 Å². The number of nitrogens with zero attached hydrogens (tertiary/aromatic N) is 9. The van der Waals surface area contributed by atoms with Gasteiger partial charge in [-0.15, -0.1) is 0 Å². The monoisotopic (exact) mass is 528 g/mol. The summed E-state index contributed by atoms with van der Waals surface area (Å²) in [5.41, 5.74) is 3.54. The topological polar surface area (TPSA) is 146 Å². The quantitative estimate of drug-likeness (QED) is 0.361. The lowest BCUT2D eigenvalue weighted by Crippen LogP contribution is -2.54. The molecule has 2 aliphatic rings. The fourth-order valence-electron chi connectivity index (χ4n) is 5.71. The number of tetrazole rings is 1. The Bertz CT molecular complexity index is 1590. The van der Waals surface area contributed by atoms with Crippen molar-refractivity contribution in [3.8, 4) is 11.4 Å². The van der Waals surface area contributed by atoms with Crippen molar-refractivity contribution >= 4 is 34.3 Å². The molecular formula is C26H32N12O. The largest absolute Gasteiger partial charge is 0.353 e. The van der Waals surface area contributed by atoms with Crippen LogP contribution in [-0.4, -0.2) is 78.5 Å². The van der Waals surface area contributed by atoms with Gasteiger partial charge in [-0.25, -0.2) is 14.6 Å². The van der Waals surface area contributed by atoms with Crippen molar-refractivity contribution in [3.05, 3.63) is 41.9 Å². The third-order valence-electron chi connectivity index (χ3n) is 7.58. The van der Waals surface area contributed by atoms with E-state index in [2.05, 4.69) is 65.1 Å². The Morgan fingerprint density at radius 1 is 1.13 bits per heavy atom. The van der Waals surface area contributed by atoms with E-state index in [0.717, 1.165) is 35.5 Å². The normalized spacial score (nSPS) is 20.9. The molecule has 0 spiro atoms. The molecule has 6 rings (SSSR count). The number of H-pyrrole nitrogens is 1. The predicted molar refractivity (Wildman–Crippen MR) is 148 cm³/mol. The van der Waals surface area contributed by atoms with Gasteiger partial charge in [0.25, 0.3) is 5.91 Å². The highest BCUT2D eigenvalue weighted by atomic mass is 16.1. The molecule has 5 heterocycles. The molecule has 13 heteroatoms. The molecule has 0 unspecified atom stereocenters. The second-order valence-electron chi connectivity index (χ2n) is 10.9. The molecule has 1 amide bonds. The number of piperazine rings is 1. The molecule has 0 saturated carbocycles. The van der Waals surface area contributed by atoms with Crippen LogP contribution in [0.5, 0.6) is 0 Å². The molecule has 0 aliphatic carbocycles. The van der Waals surface area contributed by atoms with Crippen molar-refractivity contribution in [1.29, 1.82) is 0 Å². The Morgan fingerprint density at radius 2 is 1.90 bits per heavy atom. The van der Waals surface area contributed by atoms with Crippen LogP contribution >= 0.6 is 0 Å². The van der Waals surface area contributed by atoms with Gasteiger partial charge in [-0.2, -0.15) is 5.10 Å². The molecule has 39 heavy (non-hydrogen) atoms. The van der Waals surface area contributed by atoms with E-state index in [4.69, 9.17) is 0 Å². The average molecular weight is 529 g/mol. The summed E-state index contributed by atoms with van der Waals surface area (Å²) in [4.78, 5) is 26.8. The number of hydrogen-bond donors (Lipinski definition) is 3. The van der Waals surface area contributed by atoms with Gasteiger partial charge in [0.2, 0.25) is 5.95 Å². The molecule has 13 nitrogen and oxygen atoms in total. The molecule has 1 saturated heterocycles. The fourth-order valence-corrected chi connectivity index (χ4v) is 5.71. The lowest BCUT2D eigenvalue weighted by molar-refractivity contribution is -0.113. The van der Waals surface area contributed by atoms with Gasteiger partial charge in [0.15, 0.2) is 0 Å². The van der Waals surface area contributed by atoms with E-state index < -0.39 is 5.54 Å². The van der Waals surface area contributed by atoms with Crippen LogP contribution < -0.4 is 20.4 Å². The minimum Gasteiger partial charge on any atom is -0.353 e. The molecule has 4 aromatic rings. The summed E-state index contributed by atoms with van der Waals surface area (Å²) in [5, 5.41) is 27.2. The van der Waals surface area contributed by atoms with Gasteiger partial charge in [0.05, 0.1) is 22.3 Å². The zero-order chi connectivity index (χ0) is 27.5. The minimum atomic E-state index is -0.735. The summed E-state index contributed by atoms with van der Waals surface area (Å²) in [5.74, 6) is 1.24. The Kier molecular flexibility index (Phi) is 5.83. The Hall–Kier alpha value is -4.39. The second kappa shape index (κ2) is 9.12. The van der Waals surface area contributed by atoms with Crippen LogP contribution in [0.25, 0.3) is 22.3 Å². The second-order valence-corrected chi connectivity index (χ2v) is 10.9. The number of benzene rings is 1. The Balaban J connectivity index is 1.31. The highest BCUT2D eigenvalue weighted by Gasteiger charge is 2.41. The number of rotatable bonds is 4. The summed E-state index contributed by atoms with van der Waals surface area (Å²) >= 11 is 0. The number of allylic oxidation sites excluding steroid dienone is 1. The van der Waals surface area contributed by atoms with E-state index in [1.54, 1.807) is 11.0 Å². The molecule has 202 valence electrons. The van der Waals surface area contributed by atoms with Crippen LogP contribution in [0.15, 0.2) is 41.9 Å². The molecule has 1 aromatic carbocycles. The molecule has 3 N–H and O–H groups in total. The number of carbonyl (C=O) groups excluding carboxylic acids is 1. The number of anilines is 3. The Morgan fingerprint density at radius 3 is 2.67 bits per heavy atom. The molecule has 2 atom stereocenters. The SMILES string of the molecule is CC1=C(C(=O)Nc2ccc3[nH]nc(-c4cc(N5C[C@@H](C)N[C@@H](C)C5)ncn4)c3c2)C(C)(C)n2nnnc2N1C. The number of nitrogens with one attached hydrogen (secondary N) is 3. The number of aromatic nitrogens is 8. The first-order valence-corrected chi connectivity index (χ1v) is 13.0. The van der Waals surface area contributed by atoms with Crippen molar-refractivity contribution in [2.75, 3.05) is 35.3 Å². The van der Waals surface area contributed by atoms with Gasteiger partial charge in [-0.05, 0) is 63.2 Å². The molecule has 3 aromatic heterocycles. The van der Waals surface area contributed by atoms with E-state index in [1.165, 1.54) is 0 Å². The van der Waals surface area contributed by atoms with Crippen LogP contribution in [0.1, 0.15) is 34.6 Å². The van der Waals surface area contributed by atoms with Crippen LogP contribution in [0.4, 0.5) is 17.5 Å². The lowest BCUT2D eigenvalue weighted by atomic mass is 9.89. The van der Waals surface area contributed by atoms with Crippen LogP contribution in [0.3, 0.4) is 0 Å². The maximum absolute atomic E-state index is 13.6. The first-order chi connectivity index (χ1) is 18.6. The molecule has 2 aliphatic heterocycles. The van der Waals surface area contributed by atoms with Crippen molar-refractivity contribution in [1.82, 2.24) is 45.7 Å². The number of carbonyl (C=O) groups is 1. The Labute approximate surface area is 225 Å². The zero-order valence-corrected chi connectivity index (χ0v) is 22.9. The van der Waals surface area contributed by atoms with E-state index in [9.17, 15) is 4.79 Å². The van der Waals surface area contributed by atoms with Gasteiger partial charge in [-0.1, -0.05) is 5.10 Å². The smallest absolute Gasteiger partial charge is 0.255 e. The van der Waals surface area contributed by atoms with Crippen molar-refractivity contribution in [2.45, 2.75) is 52.2 Å². The minimum absolute atomic E-state index is 0.221. The summed E-state index contributed by atoms with van der Waals surface area (Å²) in [6.45, 7) is 11.8. The van der Waals surface area contributed by atoms with Crippen molar-refractivity contribution in [3.63, 3.8) is 0 Å². The third kappa shape index (κ3) is 4.18. The number of fused-ring (bicyclic) bond motifs is 2. The molecular weight excluding hydrogens is 496 g/mol. The van der Waals surface area contributed by atoms with Gasteiger partial charge >= 0.3 is 0 Å². The summed E-state index contributed by atoms with van der Waals surface area (Å²) < 4.78 is 1.67. The van der Waals surface area contributed by atoms with Gasteiger partial charge in [-0.3, -0.25) is 9.89 Å². The highest BCUT2D eigenvalue weighted by Crippen LogP contribution is 2.37. The van der Waals surface area contributed by atoms with E-state index in [-0.39, 0.29) is 5.91 Å². The molecule has 0 radical (unpaired) electrons. The van der Waals surface area contributed by atoms with Crippen molar-refractivity contribution < 1.29 is 4.79 Å². The first kappa shape index (κ1) is 24.9. The van der Waals surface area contributed by atoms with Gasteiger partial charge in [0.1, 0.15) is 17.8 Å². The highest BCUT2D eigenvalue weighted by molar-refractivity contribution is 6.07. The third-order valence-corrected chi connectivity index (χ3v) is 7.58. The summed E-state index contributed by atoms with van der Waals surface area (Å²) in [7, 11) is 1.85. The summed E-state index contributed by atoms with van der Waals surface area (Å²) in [6, 6.07) is 8.39.